The molecule has 12 aromatic rings. The monoisotopic (exact) mass is 841 g/mol. The summed E-state index contributed by atoms with van der Waals surface area (Å²) in [6.45, 7) is 0. The Morgan fingerprint density at radius 1 is 0.273 bits per heavy atom. The molecule has 0 radical (unpaired) electrons. The molecule has 0 aliphatic rings. The highest BCUT2D eigenvalue weighted by atomic mass is 16.3. The standard InChI is InChI=1S/C64H43NO/c1-3-16-44(17-4-1)45-34-36-49(37-35-45)56-24-11-13-28-60(56)65(61-43-52-20-7-8-23-55(52)57-25-9-10-26-58(57)61)54-40-38-47(39-41-54)46-30-32-48(33-31-46)51-21-15-22-53(42-51)64-63(50-18-5-2-6-19-50)59-27-12-14-29-62(59)66-64/h1-43H. The largest absolute Gasteiger partial charge is 0.455 e. The summed E-state index contributed by atoms with van der Waals surface area (Å²) in [5, 5.41) is 6.00. The molecule has 310 valence electrons. The molecular formula is C64H43NO. The third-order valence-electron chi connectivity index (χ3n) is 12.9. The maximum Gasteiger partial charge on any atom is 0.143 e. The first-order chi connectivity index (χ1) is 32.7. The summed E-state index contributed by atoms with van der Waals surface area (Å²) in [6, 6.07) is 93.7. The van der Waals surface area contributed by atoms with Crippen LogP contribution in [-0.2, 0) is 0 Å². The van der Waals surface area contributed by atoms with Gasteiger partial charge in [-0.15, -0.1) is 0 Å². The normalized spacial score (nSPS) is 11.3. The van der Waals surface area contributed by atoms with Crippen LogP contribution in [0.15, 0.2) is 265 Å². The third kappa shape index (κ3) is 7.12. The molecule has 0 N–H and O–H groups in total. The van der Waals surface area contributed by atoms with Gasteiger partial charge in [0.15, 0.2) is 0 Å². The maximum atomic E-state index is 6.58. The van der Waals surface area contributed by atoms with E-state index in [0.717, 1.165) is 83.9 Å². The summed E-state index contributed by atoms with van der Waals surface area (Å²) in [7, 11) is 0. The second-order valence-electron chi connectivity index (χ2n) is 16.8. The summed E-state index contributed by atoms with van der Waals surface area (Å²) >= 11 is 0. The number of hydrogen-bond donors (Lipinski definition) is 0. The van der Waals surface area contributed by atoms with Crippen LogP contribution in [0.1, 0.15) is 0 Å². The van der Waals surface area contributed by atoms with Crippen molar-refractivity contribution in [3.05, 3.63) is 261 Å². The number of furan rings is 1. The molecule has 11 aromatic carbocycles. The highest BCUT2D eigenvalue weighted by Gasteiger charge is 2.21. The van der Waals surface area contributed by atoms with E-state index in [9.17, 15) is 0 Å². The molecule has 2 nitrogen and oxygen atoms in total. The predicted molar refractivity (Wildman–Crippen MR) is 279 cm³/mol. The Labute approximate surface area is 384 Å². The molecule has 1 heterocycles. The van der Waals surface area contributed by atoms with Crippen molar-refractivity contribution in [1.82, 2.24) is 0 Å². The Kier molecular flexibility index (Phi) is 9.89. The van der Waals surface area contributed by atoms with Gasteiger partial charge in [-0.05, 0) is 97.1 Å². The lowest BCUT2D eigenvalue weighted by atomic mass is 9.95. The number of rotatable bonds is 9. The van der Waals surface area contributed by atoms with Crippen molar-refractivity contribution in [3.63, 3.8) is 0 Å². The smallest absolute Gasteiger partial charge is 0.143 e. The number of para-hydroxylation sites is 2. The van der Waals surface area contributed by atoms with Crippen LogP contribution >= 0.6 is 0 Å². The summed E-state index contributed by atoms with van der Waals surface area (Å²) in [5.41, 5.74) is 16.9. The average Bonchev–Trinajstić information content (AvgIpc) is 3.80. The van der Waals surface area contributed by atoms with Gasteiger partial charge in [-0.2, -0.15) is 0 Å². The lowest BCUT2D eigenvalue weighted by Crippen LogP contribution is -2.12. The van der Waals surface area contributed by atoms with Crippen LogP contribution in [0.25, 0.3) is 99.5 Å². The van der Waals surface area contributed by atoms with E-state index in [2.05, 4.69) is 254 Å². The lowest BCUT2D eigenvalue weighted by Gasteiger charge is -2.30. The highest BCUT2D eigenvalue weighted by Crippen LogP contribution is 2.46. The van der Waals surface area contributed by atoms with E-state index in [1.807, 2.05) is 12.1 Å². The van der Waals surface area contributed by atoms with Gasteiger partial charge in [0.1, 0.15) is 11.3 Å². The quantitative estimate of drug-likeness (QED) is 0.135. The number of anilines is 3. The Hall–Kier alpha value is -8.72. The van der Waals surface area contributed by atoms with Gasteiger partial charge < -0.3 is 9.32 Å². The maximum absolute atomic E-state index is 6.58. The Balaban J connectivity index is 0.914. The number of benzene rings is 11. The molecule has 66 heavy (non-hydrogen) atoms. The van der Waals surface area contributed by atoms with E-state index in [1.165, 1.54) is 32.7 Å². The van der Waals surface area contributed by atoms with Crippen molar-refractivity contribution in [2.24, 2.45) is 0 Å². The lowest BCUT2D eigenvalue weighted by molar-refractivity contribution is 0.632. The first kappa shape index (κ1) is 38.9. The van der Waals surface area contributed by atoms with Crippen LogP contribution in [0.3, 0.4) is 0 Å². The van der Waals surface area contributed by atoms with Gasteiger partial charge in [0, 0.05) is 33.2 Å². The van der Waals surface area contributed by atoms with Crippen LogP contribution in [-0.4, -0.2) is 0 Å². The molecule has 2 heteroatoms. The topological polar surface area (TPSA) is 16.4 Å². The molecule has 0 atom stereocenters. The van der Waals surface area contributed by atoms with Crippen molar-refractivity contribution in [2.45, 2.75) is 0 Å². The Morgan fingerprint density at radius 3 is 1.47 bits per heavy atom. The van der Waals surface area contributed by atoms with E-state index < -0.39 is 0 Å². The van der Waals surface area contributed by atoms with Gasteiger partial charge in [-0.1, -0.05) is 224 Å². The van der Waals surface area contributed by atoms with E-state index in [1.54, 1.807) is 0 Å². The minimum Gasteiger partial charge on any atom is -0.455 e. The molecule has 0 amide bonds. The molecule has 1 aromatic heterocycles. The second kappa shape index (κ2) is 16.8. The van der Waals surface area contributed by atoms with Crippen molar-refractivity contribution in [3.8, 4) is 67.0 Å². The molecule has 0 bridgehead atoms. The number of fused-ring (bicyclic) bond motifs is 4. The van der Waals surface area contributed by atoms with Gasteiger partial charge in [0.2, 0.25) is 0 Å². The van der Waals surface area contributed by atoms with Crippen LogP contribution in [0, 0.1) is 0 Å². The summed E-state index contributed by atoms with van der Waals surface area (Å²) in [4.78, 5) is 2.44. The van der Waals surface area contributed by atoms with E-state index in [0.29, 0.717) is 0 Å². The molecular weight excluding hydrogens is 799 g/mol. The Morgan fingerprint density at radius 2 is 0.758 bits per heavy atom. The fraction of sp³-hybridized carbons (Fsp3) is 0. The van der Waals surface area contributed by atoms with Crippen LogP contribution < -0.4 is 4.90 Å². The van der Waals surface area contributed by atoms with E-state index >= 15 is 0 Å². The summed E-state index contributed by atoms with van der Waals surface area (Å²) in [6.07, 6.45) is 0. The van der Waals surface area contributed by atoms with E-state index in [4.69, 9.17) is 4.42 Å². The molecule has 0 unspecified atom stereocenters. The molecule has 0 saturated carbocycles. The molecule has 0 saturated heterocycles. The minimum atomic E-state index is 0.885. The van der Waals surface area contributed by atoms with Gasteiger partial charge in [-0.3, -0.25) is 0 Å². The predicted octanol–water partition coefficient (Wildman–Crippen LogP) is 18.2. The molecule has 0 spiro atoms. The van der Waals surface area contributed by atoms with Crippen molar-refractivity contribution >= 4 is 49.6 Å². The average molecular weight is 842 g/mol. The molecule has 0 fully saturated rings. The zero-order chi connectivity index (χ0) is 43.8. The zero-order valence-electron chi connectivity index (χ0n) is 36.2. The van der Waals surface area contributed by atoms with Crippen LogP contribution in [0.5, 0.6) is 0 Å². The first-order valence-electron chi connectivity index (χ1n) is 22.6. The second-order valence-corrected chi connectivity index (χ2v) is 16.8. The summed E-state index contributed by atoms with van der Waals surface area (Å²) in [5.74, 6) is 0.885. The van der Waals surface area contributed by atoms with Crippen molar-refractivity contribution in [1.29, 1.82) is 0 Å². The SMILES string of the molecule is c1ccc(-c2ccc(-c3ccccc3N(c3ccc(-c4ccc(-c5cccc(-c6oc7ccccc7c6-c6ccccc6)c5)cc4)cc3)c3cc4ccccc4c4ccccc34)cc2)cc1. The number of hydrogen-bond acceptors (Lipinski definition) is 2. The van der Waals surface area contributed by atoms with Gasteiger partial charge in [0.25, 0.3) is 0 Å². The van der Waals surface area contributed by atoms with Gasteiger partial charge in [0.05, 0.1) is 11.4 Å². The van der Waals surface area contributed by atoms with E-state index in [-0.39, 0.29) is 0 Å². The fourth-order valence-electron chi connectivity index (χ4n) is 9.65. The first-order valence-corrected chi connectivity index (χ1v) is 22.6. The Bertz CT molecular complexity index is 3660. The molecule has 0 aliphatic carbocycles. The fourth-order valence-corrected chi connectivity index (χ4v) is 9.65. The number of nitrogens with zero attached hydrogens (tertiary/aromatic N) is 1. The van der Waals surface area contributed by atoms with Crippen molar-refractivity contribution < 1.29 is 4.42 Å². The minimum absolute atomic E-state index is 0.885. The van der Waals surface area contributed by atoms with Crippen LogP contribution in [0.4, 0.5) is 17.1 Å². The molecule has 12 rings (SSSR count). The summed E-state index contributed by atoms with van der Waals surface area (Å²) < 4.78 is 6.58. The van der Waals surface area contributed by atoms with Gasteiger partial charge in [-0.25, -0.2) is 0 Å². The van der Waals surface area contributed by atoms with Crippen molar-refractivity contribution in [2.75, 3.05) is 4.90 Å². The zero-order valence-corrected chi connectivity index (χ0v) is 36.2. The third-order valence-corrected chi connectivity index (χ3v) is 12.9. The van der Waals surface area contributed by atoms with Crippen LogP contribution in [0.2, 0.25) is 0 Å². The van der Waals surface area contributed by atoms with Gasteiger partial charge >= 0.3 is 0 Å². The highest BCUT2D eigenvalue weighted by molar-refractivity contribution is 6.15. The molecule has 0 aliphatic heterocycles.